The summed E-state index contributed by atoms with van der Waals surface area (Å²) in [5, 5.41) is 4.09. The number of sulfonamides is 1. The number of benzene rings is 3. The number of carbonyl (C=O) groups is 2. The van der Waals surface area contributed by atoms with Gasteiger partial charge in [-0.3, -0.25) is 9.10 Å². The summed E-state index contributed by atoms with van der Waals surface area (Å²) in [6.45, 7) is 1.45. The van der Waals surface area contributed by atoms with Crippen molar-refractivity contribution in [2.45, 2.75) is 11.8 Å². The molecule has 0 aliphatic rings. The van der Waals surface area contributed by atoms with Gasteiger partial charge in [-0.05, 0) is 61.5 Å². The lowest BCUT2D eigenvalue weighted by molar-refractivity contribution is -0.119. The van der Waals surface area contributed by atoms with Crippen molar-refractivity contribution >= 4 is 45.4 Å². The van der Waals surface area contributed by atoms with Crippen molar-refractivity contribution < 1.29 is 31.9 Å². The van der Waals surface area contributed by atoms with Crippen LogP contribution in [0.25, 0.3) is 11.3 Å². The summed E-state index contributed by atoms with van der Waals surface area (Å²) in [6, 6.07) is 22.2. The van der Waals surface area contributed by atoms with Gasteiger partial charge in [0.1, 0.15) is 23.8 Å². The van der Waals surface area contributed by atoms with E-state index >= 15 is 0 Å². The molecule has 1 aromatic heterocycles. The molecule has 0 fully saturated rings. The van der Waals surface area contributed by atoms with Gasteiger partial charge in [-0.25, -0.2) is 18.6 Å². The molecule has 1 N–H and O–H groups in total. The van der Waals surface area contributed by atoms with Gasteiger partial charge in [-0.2, -0.15) is 5.10 Å². The Morgan fingerprint density at radius 3 is 2.41 bits per heavy atom. The molecule has 0 radical (unpaired) electrons. The Morgan fingerprint density at radius 1 is 1.02 bits per heavy atom. The van der Waals surface area contributed by atoms with Crippen LogP contribution < -0.4 is 14.5 Å². The maximum atomic E-state index is 13.5. The molecular formula is C29H26ClN3O7S. The summed E-state index contributed by atoms with van der Waals surface area (Å²) in [4.78, 5) is 24.6. The van der Waals surface area contributed by atoms with E-state index in [2.05, 4.69) is 10.5 Å². The second-order valence-electron chi connectivity index (χ2n) is 8.44. The van der Waals surface area contributed by atoms with E-state index in [1.54, 1.807) is 61.5 Å². The first-order chi connectivity index (χ1) is 19.7. The average molecular weight is 596 g/mol. The van der Waals surface area contributed by atoms with Gasteiger partial charge < -0.3 is 13.9 Å². The van der Waals surface area contributed by atoms with Gasteiger partial charge >= 0.3 is 5.97 Å². The molecule has 0 saturated heterocycles. The van der Waals surface area contributed by atoms with E-state index in [0.717, 1.165) is 9.87 Å². The summed E-state index contributed by atoms with van der Waals surface area (Å²) in [5.74, 6) is 0.103. The maximum Gasteiger partial charge on any atom is 0.338 e. The van der Waals surface area contributed by atoms with Crippen LogP contribution in [0, 0.1) is 0 Å². The van der Waals surface area contributed by atoms with Gasteiger partial charge in [-0.1, -0.05) is 41.9 Å². The van der Waals surface area contributed by atoms with Crippen molar-refractivity contribution in [1.82, 2.24) is 5.43 Å². The Hall–Kier alpha value is -4.61. The lowest BCUT2D eigenvalue weighted by atomic mass is 10.1. The molecule has 0 aliphatic carbocycles. The third kappa shape index (κ3) is 7.13. The van der Waals surface area contributed by atoms with Crippen LogP contribution in [-0.2, 0) is 19.6 Å². The van der Waals surface area contributed by atoms with Crippen LogP contribution in [0.2, 0.25) is 5.02 Å². The number of hydrazone groups is 1. The van der Waals surface area contributed by atoms with Gasteiger partial charge in [0.25, 0.3) is 15.9 Å². The minimum atomic E-state index is -4.13. The number of rotatable bonds is 11. The quantitative estimate of drug-likeness (QED) is 0.145. The first-order valence-corrected chi connectivity index (χ1v) is 14.2. The lowest BCUT2D eigenvalue weighted by Crippen LogP contribution is -2.39. The molecule has 0 aliphatic heterocycles. The number of carbonyl (C=O) groups excluding carboxylic acids is 2. The van der Waals surface area contributed by atoms with E-state index in [9.17, 15) is 18.0 Å². The molecule has 41 heavy (non-hydrogen) atoms. The normalized spacial score (nSPS) is 11.3. The Bertz CT molecular complexity index is 1650. The number of nitrogens with zero attached hydrogens (tertiary/aromatic N) is 2. The number of esters is 1. The van der Waals surface area contributed by atoms with Crippen LogP contribution in [0.15, 0.2) is 99.3 Å². The van der Waals surface area contributed by atoms with Gasteiger partial charge in [0.2, 0.25) is 0 Å². The number of hydrogen-bond donors (Lipinski definition) is 1. The SMILES string of the molecule is CCOC(=O)c1ccc(-c2ccc(/C=N/NC(=O)CN(c3ccc(OC)c(Cl)c3)S(=O)(=O)c3ccccc3)o2)cc1. The number of methoxy groups -OCH3 is 1. The van der Waals surface area contributed by atoms with Crippen LogP contribution in [0.1, 0.15) is 23.0 Å². The van der Waals surface area contributed by atoms with Crippen LogP contribution in [0.5, 0.6) is 5.75 Å². The van der Waals surface area contributed by atoms with Crippen molar-refractivity contribution in [3.8, 4) is 17.1 Å². The Balaban J connectivity index is 1.47. The van der Waals surface area contributed by atoms with E-state index < -0.39 is 28.4 Å². The predicted molar refractivity (Wildman–Crippen MR) is 155 cm³/mol. The number of ether oxygens (including phenoxy) is 2. The Morgan fingerprint density at radius 2 is 1.76 bits per heavy atom. The molecular weight excluding hydrogens is 570 g/mol. The fourth-order valence-corrected chi connectivity index (χ4v) is 5.43. The molecule has 12 heteroatoms. The van der Waals surface area contributed by atoms with Crippen LogP contribution in [0.3, 0.4) is 0 Å². The molecule has 0 bridgehead atoms. The van der Waals surface area contributed by atoms with Crippen LogP contribution in [0.4, 0.5) is 5.69 Å². The fraction of sp³-hybridized carbons (Fsp3) is 0.138. The molecule has 4 rings (SSSR count). The smallest absolute Gasteiger partial charge is 0.338 e. The number of hydrogen-bond acceptors (Lipinski definition) is 8. The maximum absolute atomic E-state index is 13.5. The predicted octanol–water partition coefficient (Wildman–Crippen LogP) is 5.13. The standard InChI is InChI=1S/C29H26ClN3O7S/c1-3-39-29(35)21-11-9-20(10-12-21)26-16-14-23(40-26)18-31-32-28(34)19-33(22-13-15-27(38-2)25(30)17-22)41(36,37)24-7-5-4-6-8-24/h4-18H,3,19H2,1-2H3,(H,32,34)/b31-18+. The topological polar surface area (TPSA) is 128 Å². The summed E-state index contributed by atoms with van der Waals surface area (Å²) in [5.41, 5.74) is 3.64. The second-order valence-corrected chi connectivity index (χ2v) is 10.7. The number of furan rings is 1. The molecule has 212 valence electrons. The fourth-order valence-electron chi connectivity index (χ4n) is 3.74. The zero-order valence-electron chi connectivity index (χ0n) is 22.1. The van der Waals surface area contributed by atoms with Gasteiger partial charge in [0, 0.05) is 5.56 Å². The van der Waals surface area contributed by atoms with Crippen LogP contribution >= 0.6 is 11.6 Å². The van der Waals surface area contributed by atoms with E-state index in [1.807, 2.05) is 0 Å². The first-order valence-electron chi connectivity index (χ1n) is 12.3. The van der Waals surface area contributed by atoms with Crippen molar-refractivity contribution in [2.75, 3.05) is 24.6 Å². The van der Waals surface area contributed by atoms with E-state index in [-0.39, 0.29) is 22.2 Å². The summed E-state index contributed by atoms with van der Waals surface area (Å²) in [7, 11) is -2.69. The van der Waals surface area contributed by atoms with Gasteiger partial charge in [0.05, 0.1) is 41.1 Å². The van der Waals surface area contributed by atoms with Crippen molar-refractivity contribution in [1.29, 1.82) is 0 Å². The monoisotopic (exact) mass is 595 g/mol. The van der Waals surface area contributed by atoms with Gasteiger partial charge in [-0.15, -0.1) is 0 Å². The zero-order chi connectivity index (χ0) is 29.4. The minimum absolute atomic E-state index is 0.00152. The molecule has 0 atom stereocenters. The number of amides is 1. The van der Waals surface area contributed by atoms with E-state index in [1.165, 1.54) is 43.7 Å². The third-order valence-corrected chi connectivity index (χ3v) is 7.81. The highest BCUT2D eigenvalue weighted by Crippen LogP contribution is 2.32. The molecule has 4 aromatic rings. The minimum Gasteiger partial charge on any atom is -0.495 e. The highest BCUT2D eigenvalue weighted by molar-refractivity contribution is 7.92. The number of nitrogens with one attached hydrogen (secondary N) is 1. The first kappa shape index (κ1) is 29.4. The van der Waals surface area contributed by atoms with Gasteiger partial charge in [0.15, 0.2) is 0 Å². The van der Waals surface area contributed by atoms with Crippen molar-refractivity contribution in [3.05, 3.63) is 101 Å². The Kier molecular flexibility index (Phi) is 9.43. The molecule has 0 spiro atoms. The third-order valence-electron chi connectivity index (χ3n) is 5.73. The molecule has 0 unspecified atom stereocenters. The van der Waals surface area contributed by atoms with E-state index in [4.69, 9.17) is 25.5 Å². The van der Waals surface area contributed by atoms with Crippen molar-refractivity contribution in [2.24, 2.45) is 5.10 Å². The zero-order valence-corrected chi connectivity index (χ0v) is 23.7. The summed E-state index contributed by atoms with van der Waals surface area (Å²) >= 11 is 6.24. The average Bonchev–Trinajstić information content (AvgIpc) is 3.45. The molecule has 10 nitrogen and oxygen atoms in total. The second kappa shape index (κ2) is 13.2. The molecule has 1 heterocycles. The summed E-state index contributed by atoms with van der Waals surface area (Å²) in [6.07, 6.45) is 1.29. The highest BCUT2D eigenvalue weighted by atomic mass is 35.5. The number of anilines is 1. The largest absolute Gasteiger partial charge is 0.495 e. The molecule has 1 amide bonds. The number of halogens is 1. The molecule has 3 aromatic carbocycles. The van der Waals surface area contributed by atoms with Crippen molar-refractivity contribution in [3.63, 3.8) is 0 Å². The molecule has 0 saturated carbocycles. The summed E-state index contributed by atoms with van der Waals surface area (Å²) < 4.78 is 43.7. The van der Waals surface area contributed by atoms with E-state index in [0.29, 0.717) is 22.8 Å². The highest BCUT2D eigenvalue weighted by Gasteiger charge is 2.27. The van der Waals surface area contributed by atoms with Crippen LogP contribution in [-0.4, -0.2) is 46.8 Å². The Labute approximate surface area is 242 Å². The lowest BCUT2D eigenvalue weighted by Gasteiger charge is -2.24.